The van der Waals surface area contributed by atoms with Gasteiger partial charge in [-0.05, 0) is 37.6 Å². The van der Waals surface area contributed by atoms with Gasteiger partial charge in [-0.3, -0.25) is 4.79 Å². The summed E-state index contributed by atoms with van der Waals surface area (Å²) in [4.78, 5) is 15.0. The molecule has 0 spiro atoms. The minimum atomic E-state index is -0.112. The Morgan fingerprint density at radius 2 is 2.00 bits per heavy atom. The summed E-state index contributed by atoms with van der Waals surface area (Å²) in [5.41, 5.74) is 6.78. The van der Waals surface area contributed by atoms with Crippen molar-refractivity contribution >= 4 is 28.5 Å². The number of pyridine rings is 1. The van der Waals surface area contributed by atoms with Gasteiger partial charge in [0.25, 0.3) is 5.56 Å². The molecule has 0 saturated heterocycles. The quantitative estimate of drug-likeness (QED) is 0.881. The predicted octanol–water partition coefficient (Wildman–Crippen LogP) is 2.46. The van der Waals surface area contributed by atoms with Gasteiger partial charge in [-0.15, -0.1) is 11.3 Å². The van der Waals surface area contributed by atoms with Gasteiger partial charge in [-0.25, -0.2) is 0 Å². The molecule has 0 aromatic carbocycles. The van der Waals surface area contributed by atoms with Crippen molar-refractivity contribution < 1.29 is 0 Å². The predicted molar refractivity (Wildman–Crippen MR) is 84.1 cm³/mol. The molecule has 0 unspecified atom stereocenters. The van der Waals surface area contributed by atoms with Gasteiger partial charge in [0, 0.05) is 15.4 Å². The first-order chi connectivity index (χ1) is 9.02. The highest BCUT2D eigenvalue weighted by molar-refractivity contribution is 7.80. The summed E-state index contributed by atoms with van der Waals surface area (Å²) >= 11 is 6.64. The van der Waals surface area contributed by atoms with E-state index in [2.05, 4.69) is 19.1 Å². The molecule has 0 fully saturated rings. The normalized spacial score (nSPS) is 10.6. The Morgan fingerprint density at radius 3 is 2.58 bits per heavy atom. The molecule has 2 rings (SSSR count). The van der Waals surface area contributed by atoms with Crippen molar-refractivity contribution in [2.24, 2.45) is 5.73 Å². The van der Waals surface area contributed by atoms with E-state index in [-0.39, 0.29) is 10.5 Å². The Balaban J connectivity index is 2.42. The van der Waals surface area contributed by atoms with Crippen molar-refractivity contribution in [1.82, 2.24) is 4.57 Å². The van der Waals surface area contributed by atoms with Gasteiger partial charge < -0.3 is 10.3 Å². The largest absolute Gasteiger partial charge is 0.389 e. The van der Waals surface area contributed by atoms with E-state index >= 15 is 0 Å². The third kappa shape index (κ3) is 2.93. The monoisotopic (exact) mass is 292 g/mol. The molecule has 0 aliphatic rings. The summed E-state index contributed by atoms with van der Waals surface area (Å²) in [6.07, 6.45) is 1.02. The van der Waals surface area contributed by atoms with Gasteiger partial charge in [-0.2, -0.15) is 0 Å². The third-order valence-corrected chi connectivity index (χ3v) is 4.47. The van der Waals surface area contributed by atoms with E-state index in [1.165, 1.54) is 9.75 Å². The van der Waals surface area contributed by atoms with Crippen molar-refractivity contribution in [3.05, 3.63) is 55.6 Å². The highest BCUT2D eigenvalue weighted by atomic mass is 32.1. The zero-order valence-corrected chi connectivity index (χ0v) is 12.6. The van der Waals surface area contributed by atoms with E-state index in [4.69, 9.17) is 18.0 Å². The van der Waals surface area contributed by atoms with Gasteiger partial charge in [0.05, 0.1) is 12.1 Å². The number of aromatic nitrogens is 1. The second kappa shape index (κ2) is 5.67. The average molecular weight is 292 g/mol. The van der Waals surface area contributed by atoms with Crippen LogP contribution in [0.15, 0.2) is 29.1 Å². The van der Waals surface area contributed by atoms with E-state index < -0.39 is 0 Å². The molecule has 2 aromatic heterocycles. The zero-order chi connectivity index (χ0) is 14.0. The van der Waals surface area contributed by atoms with Crippen LogP contribution in [0.3, 0.4) is 0 Å². The van der Waals surface area contributed by atoms with Crippen LogP contribution in [0.4, 0.5) is 0 Å². The van der Waals surface area contributed by atoms with Crippen molar-refractivity contribution in [3.63, 3.8) is 0 Å². The van der Waals surface area contributed by atoms with Gasteiger partial charge in [-0.1, -0.05) is 19.1 Å². The van der Waals surface area contributed by atoms with Crippen molar-refractivity contribution in [1.29, 1.82) is 0 Å². The summed E-state index contributed by atoms with van der Waals surface area (Å²) in [6, 6.07) is 7.76. The molecule has 0 saturated carbocycles. The summed E-state index contributed by atoms with van der Waals surface area (Å²) in [7, 11) is 0. The Hall–Kier alpha value is -1.46. The van der Waals surface area contributed by atoms with Crippen molar-refractivity contribution in [2.45, 2.75) is 26.8 Å². The first-order valence-electron chi connectivity index (χ1n) is 6.10. The second-order valence-corrected chi connectivity index (χ2v) is 6.06. The molecule has 0 amide bonds. The zero-order valence-electron chi connectivity index (χ0n) is 11.0. The second-order valence-electron chi connectivity index (χ2n) is 4.37. The summed E-state index contributed by atoms with van der Waals surface area (Å²) < 4.78 is 1.72. The first-order valence-corrected chi connectivity index (χ1v) is 7.33. The Labute approximate surface area is 121 Å². The lowest BCUT2D eigenvalue weighted by molar-refractivity contribution is 0.737. The lowest BCUT2D eigenvalue weighted by atomic mass is 10.2. The van der Waals surface area contributed by atoms with Crippen LogP contribution in [0.1, 0.15) is 27.9 Å². The Kier molecular flexibility index (Phi) is 4.17. The maximum atomic E-state index is 12.3. The number of thiocarbonyl (C=S) groups is 1. The molecule has 0 atom stereocenters. The molecule has 19 heavy (non-hydrogen) atoms. The molecule has 0 radical (unpaired) electrons. The fraction of sp³-hybridized carbons (Fsp3) is 0.286. The molecule has 2 N–H and O–H groups in total. The van der Waals surface area contributed by atoms with Gasteiger partial charge in [0.2, 0.25) is 0 Å². The smallest absolute Gasteiger partial charge is 0.261 e. The summed E-state index contributed by atoms with van der Waals surface area (Å²) in [5.74, 6) is 0. The fourth-order valence-electron chi connectivity index (χ4n) is 1.91. The molecule has 5 heteroatoms. The lowest BCUT2D eigenvalue weighted by Crippen LogP contribution is -2.30. The Bertz CT molecular complexity index is 670. The maximum absolute atomic E-state index is 12.3. The highest BCUT2D eigenvalue weighted by Gasteiger charge is 2.09. The number of hydrogen-bond acceptors (Lipinski definition) is 3. The standard InChI is InChI=1S/C14H16N2OS2/c1-3-10-5-6-11(19-10)8-16-9(2)4-7-12(13(15)18)14(16)17/h4-7H,3,8H2,1-2H3,(H2,15,18). The van der Waals surface area contributed by atoms with E-state index in [0.29, 0.717) is 12.1 Å². The SMILES string of the molecule is CCc1ccc(Cn2c(C)ccc(C(N)=S)c2=O)s1. The number of aryl methyl sites for hydroxylation is 2. The highest BCUT2D eigenvalue weighted by Crippen LogP contribution is 2.18. The first kappa shape index (κ1) is 14.0. The number of hydrogen-bond donors (Lipinski definition) is 1. The van der Waals surface area contributed by atoms with Crippen LogP contribution in [-0.2, 0) is 13.0 Å². The van der Waals surface area contributed by atoms with Gasteiger partial charge in [0.15, 0.2) is 0 Å². The number of rotatable bonds is 4. The van der Waals surface area contributed by atoms with Crippen molar-refractivity contribution in [3.8, 4) is 0 Å². The van der Waals surface area contributed by atoms with Crippen LogP contribution in [0.5, 0.6) is 0 Å². The van der Waals surface area contributed by atoms with Crippen LogP contribution in [0.2, 0.25) is 0 Å². The van der Waals surface area contributed by atoms with Crippen LogP contribution >= 0.6 is 23.6 Å². The van der Waals surface area contributed by atoms with E-state index in [1.807, 2.05) is 13.0 Å². The minimum Gasteiger partial charge on any atom is -0.389 e. The Morgan fingerprint density at radius 1 is 1.32 bits per heavy atom. The topological polar surface area (TPSA) is 48.0 Å². The van der Waals surface area contributed by atoms with Crippen LogP contribution in [-0.4, -0.2) is 9.56 Å². The van der Waals surface area contributed by atoms with E-state index in [9.17, 15) is 4.79 Å². The molecule has 0 aliphatic heterocycles. The van der Waals surface area contributed by atoms with Crippen LogP contribution < -0.4 is 11.3 Å². The van der Waals surface area contributed by atoms with Gasteiger partial charge >= 0.3 is 0 Å². The average Bonchev–Trinajstić information content (AvgIpc) is 2.81. The molecule has 3 nitrogen and oxygen atoms in total. The molecule has 2 heterocycles. The molecule has 0 aliphatic carbocycles. The molecule has 0 bridgehead atoms. The molecular formula is C14H16N2OS2. The lowest BCUT2D eigenvalue weighted by Gasteiger charge is -2.10. The van der Waals surface area contributed by atoms with Crippen molar-refractivity contribution in [2.75, 3.05) is 0 Å². The van der Waals surface area contributed by atoms with E-state index in [1.54, 1.807) is 22.0 Å². The van der Waals surface area contributed by atoms with E-state index in [0.717, 1.165) is 12.1 Å². The summed E-state index contributed by atoms with van der Waals surface area (Å²) in [5, 5.41) is 0. The molecule has 100 valence electrons. The van der Waals surface area contributed by atoms with Crippen LogP contribution in [0.25, 0.3) is 0 Å². The third-order valence-electron chi connectivity index (χ3n) is 3.04. The molecular weight excluding hydrogens is 276 g/mol. The summed E-state index contributed by atoms with van der Waals surface area (Å²) in [6.45, 7) is 4.62. The minimum absolute atomic E-state index is 0.112. The number of nitrogens with zero attached hydrogens (tertiary/aromatic N) is 1. The molecule has 2 aromatic rings. The van der Waals surface area contributed by atoms with Crippen LogP contribution in [0, 0.1) is 6.92 Å². The maximum Gasteiger partial charge on any atom is 0.261 e. The fourth-order valence-corrected chi connectivity index (χ4v) is 3.01. The number of thiophene rings is 1. The number of nitrogens with two attached hydrogens (primary N) is 1. The van der Waals surface area contributed by atoms with Gasteiger partial charge in [0.1, 0.15) is 4.99 Å².